The van der Waals surface area contributed by atoms with Crippen LogP contribution < -0.4 is 5.73 Å². The van der Waals surface area contributed by atoms with Crippen LogP contribution in [0.5, 0.6) is 0 Å². The maximum absolute atomic E-state index is 5.96. The Morgan fingerprint density at radius 1 is 1.24 bits per heavy atom. The van der Waals surface area contributed by atoms with Gasteiger partial charge in [0.1, 0.15) is 0 Å². The second-order valence-corrected chi connectivity index (χ2v) is 4.49. The minimum atomic E-state index is -0.0142. The van der Waals surface area contributed by atoms with E-state index < -0.39 is 0 Å². The highest BCUT2D eigenvalue weighted by Gasteiger charge is 2.16. The van der Waals surface area contributed by atoms with Gasteiger partial charge in [-0.3, -0.25) is 4.98 Å². The van der Waals surface area contributed by atoms with E-state index in [-0.39, 0.29) is 12.1 Å². The van der Waals surface area contributed by atoms with Gasteiger partial charge in [-0.25, -0.2) is 0 Å². The minimum absolute atomic E-state index is 0.00331. The SMILES string of the molecule is CCCCCCOC(c1ccncc1)C(C)N. The largest absolute Gasteiger partial charge is 0.372 e. The highest BCUT2D eigenvalue weighted by atomic mass is 16.5. The van der Waals surface area contributed by atoms with Gasteiger partial charge < -0.3 is 10.5 Å². The number of rotatable bonds is 8. The van der Waals surface area contributed by atoms with Crippen LogP contribution in [0.25, 0.3) is 0 Å². The molecule has 0 amide bonds. The molecule has 1 aromatic heterocycles. The summed E-state index contributed by atoms with van der Waals surface area (Å²) in [5.74, 6) is 0. The molecule has 2 unspecified atom stereocenters. The summed E-state index contributed by atoms with van der Waals surface area (Å²) in [6.45, 7) is 4.98. The lowest BCUT2D eigenvalue weighted by molar-refractivity contribution is 0.0358. The first-order valence-corrected chi connectivity index (χ1v) is 6.52. The minimum Gasteiger partial charge on any atom is -0.372 e. The van der Waals surface area contributed by atoms with E-state index in [9.17, 15) is 0 Å². The van der Waals surface area contributed by atoms with Gasteiger partial charge in [0, 0.05) is 25.0 Å². The van der Waals surface area contributed by atoms with Crippen LogP contribution in [0.3, 0.4) is 0 Å². The van der Waals surface area contributed by atoms with E-state index in [2.05, 4.69) is 11.9 Å². The predicted octanol–water partition coefficient (Wildman–Crippen LogP) is 3.07. The summed E-state index contributed by atoms with van der Waals surface area (Å²) in [7, 11) is 0. The standard InChI is InChI=1S/C14H24N2O/c1-3-4-5-6-11-17-14(12(2)15)13-7-9-16-10-8-13/h7-10,12,14H,3-6,11,15H2,1-2H3. The van der Waals surface area contributed by atoms with Gasteiger partial charge in [-0.1, -0.05) is 26.2 Å². The fourth-order valence-corrected chi connectivity index (χ4v) is 1.84. The zero-order chi connectivity index (χ0) is 12.5. The monoisotopic (exact) mass is 236 g/mol. The lowest BCUT2D eigenvalue weighted by Crippen LogP contribution is -2.27. The van der Waals surface area contributed by atoms with Crippen LogP contribution in [0, 0.1) is 0 Å². The van der Waals surface area contributed by atoms with Gasteiger partial charge in [-0.15, -0.1) is 0 Å². The van der Waals surface area contributed by atoms with Crippen molar-refractivity contribution in [2.75, 3.05) is 6.61 Å². The molecule has 0 spiro atoms. The lowest BCUT2D eigenvalue weighted by atomic mass is 10.1. The molecule has 2 N–H and O–H groups in total. The van der Waals surface area contributed by atoms with E-state index in [1.54, 1.807) is 12.4 Å². The average Bonchev–Trinajstić information content (AvgIpc) is 2.34. The average molecular weight is 236 g/mol. The molecule has 1 rings (SSSR count). The Morgan fingerprint density at radius 3 is 2.53 bits per heavy atom. The molecule has 1 heterocycles. The first-order valence-electron chi connectivity index (χ1n) is 6.52. The molecule has 0 saturated heterocycles. The van der Waals surface area contributed by atoms with Crippen molar-refractivity contribution < 1.29 is 4.74 Å². The maximum Gasteiger partial charge on any atom is 0.0974 e. The summed E-state index contributed by atoms with van der Waals surface area (Å²) < 4.78 is 5.88. The van der Waals surface area contributed by atoms with Crippen molar-refractivity contribution >= 4 is 0 Å². The predicted molar refractivity (Wildman–Crippen MR) is 70.7 cm³/mol. The van der Waals surface area contributed by atoms with Gasteiger partial charge in [0.15, 0.2) is 0 Å². The van der Waals surface area contributed by atoms with Crippen LogP contribution >= 0.6 is 0 Å². The highest BCUT2D eigenvalue weighted by Crippen LogP contribution is 2.20. The van der Waals surface area contributed by atoms with Crippen LogP contribution in [0.2, 0.25) is 0 Å². The van der Waals surface area contributed by atoms with E-state index in [4.69, 9.17) is 10.5 Å². The van der Waals surface area contributed by atoms with Crippen molar-refractivity contribution in [2.24, 2.45) is 5.73 Å². The number of hydrogen-bond donors (Lipinski definition) is 1. The summed E-state index contributed by atoms with van der Waals surface area (Å²) in [5.41, 5.74) is 7.08. The molecule has 0 aliphatic rings. The summed E-state index contributed by atoms with van der Waals surface area (Å²) in [6.07, 6.45) is 8.43. The zero-order valence-electron chi connectivity index (χ0n) is 10.9. The third-order valence-corrected chi connectivity index (χ3v) is 2.81. The highest BCUT2D eigenvalue weighted by molar-refractivity contribution is 5.14. The van der Waals surface area contributed by atoms with Crippen molar-refractivity contribution in [2.45, 2.75) is 51.7 Å². The number of pyridine rings is 1. The second-order valence-electron chi connectivity index (χ2n) is 4.49. The molecule has 1 aromatic rings. The summed E-state index contributed by atoms with van der Waals surface area (Å²) in [6, 6.07) is 3.95. The smallest absolute Gasteiger partial charge is 0.0974 e. The molecule has 2 atom stereocenters. The van der Waals surface area contributed by atoms with Crippen LogP contribution in [-0.2, 0) is 4.74 Å². The van der Waals surface area contributed by atoms with E-state index in [0.717, 1.165) is 18.6 Å². The molecule has 0 fully saturated rings. The fourth-order valence-electron chi connectivity index (χ4n) is 1.84. The number of nitrogens with zero attached hydrogens (tertiary/aromatic N) is 1. The fraction of sp³-hybridized carbons (Fsp3) is 0.643. The molecular formula is C14H24N2O. The van der Waals surface area contributed by atoms with Crippen molar-refractivity contribution in [3.63, 3.8) is 0 Å². The van der Waals surface area contributed by atoms with Crippen molar-refractivity contribution in [3.05, 3.63) is 30.1 Å². The Bertz CT molecular complexity index is 288. The molecule has 3 heteroatoms. The molecule has 17 heavy (non-hydrogen) atoms. The Hall–Kier alpha value is -0.930. The summed E-state index contributed by atoms with van der Waals surface area (Å²) in [4.78, 5) is 4.01. The van der Waals surface area contributed by atoms with E-state index in [1.165, 1.54) is 19.3 Å². The summed E-state index contributed by atoms with van der Waals surface area (Å²) in [5, 5.41) is 0. The number of unbranched alkanes of at least 4 members (excludes halogenated alkanes) is 3. The molecule has 0 aromatic carbocycles. The van der Waals surface area contributed by atoms with E-state index >= 15 is 0 Å². The quantitative estimate of drug-likeness (QED) is 0.706. The van der Waals surface area contributed by atoms with Crippen LogP contribution in [0.15, 0.2) is 24.5 Å². The van der Waals surface area contributed by atoms with E-state index in [0.29, 0.717) is 0 Å². The Balaban J connectivity index is 2.40. The van der Waals surface area contributed by atoms with Gasteiger partial charge in [0.05, 0.1) is 6.10 Å². The molecule has 0 radical (unpaired) electrons. The molecule has 0 aliphatic heterocycles. The third kappa shape index (κ3) is 5.29. The first kappa shape index (κ1) is 14.1. The number of aromatic nitrogens is 1. The molecule has 0 aliphatic carbocycles. The van der Waals surface area contributed by atoms with Gasteiger partial charge in [-0.05, 0) is 31.0 Å². The van der Waals surface area contributed by atoms with Crippen molar-refractivity contribution in [1.29, 1.82) is 0 Å². The Kier molecular flexibility index (Phi) is 6.82. The van der Waals surface area contributed by atoms with Gasteiger partial charge in [0.25, 0.3) is 0 Å². The van der Waals surface area contributed by atoms with Gasteiger partial charge in [0.2, 0.25) is 0 Å². The molecule has 96 valence electrons. The zero-order valence-corrected chi connectivity index (χ0v) is 10.9. The first-order chi connectivity index (χ1) is 8.25. The van der Waals surface area contributed by atoms with Crippen molar-refractivity contribution in [1.82, 2.24) is 4.98 Å². The van der Waals surface area contributed by atoms with Gasteiger partial charge >= 0.3 is 0 Å². The van der Waals surface area contributed by atoms with E-state index in [1.807, 2.05) is 19.1 Å². The Morgan fingerprint density at radius 2 is 1.94 bits per heavy atom. The molecule has 0 bridgehead atoms. The number of nitrogens with two attached hydrogens (primary N) is 1. The second kappa shape index (κ2) is 8.20. The molecule has 3 nitrogen and oxygen atoms in total. The molecule has 0 saturated carbocycles. The third-order valence-electron chi connectivity index (χ3n) is 2.81. The number of ether oxygens (including phenoxy) is 1. The van der Waals surface area contributed by atoms with Crippen LogP contribution in [0.4, 0.5) is 0 Å². The van der Waals surface area contributed by atoms with Gasteiger partial charge in [-0.2, -0.15) is 0 Å². The normalized spacial score (nSPS) is 14.5. The maximum atomic E-state index is 5.96. The number of hydrogen-bond acceptors (Lipinski definition) is 3. The summed E-state index contributed by atoms with van der Waals surface area (Å²) >= 11 is 0. The van der Waals surface area contributed by atoms with Crippen LogP contribution in [-0.4, -0.2) is 17.6 Å². The Labute approximate surface area is 104 Å². The topological polar surface area (TPSA) is 48.1 Å². The lowest BCUT2D eigenvalue weighted by Gasteiger charge is -2.21. The van der Waals surface area contributed by atoms with Crippen LogP contribution in [0.1, 0.15) is 51.2 Å². The molecular weight excluding hydrogens is 212 g/mol. The van der Waals surface area contributed by atoms with Crippen molar-refractivity contribution in [3.8, 4) is 0 Å².